The molecule has 3 nitrogen and oxygen atoms in total. The molecule has 0 bridgehead atoms. The minimum Gasteiger partial charge on any atom is -0.495 e. The summed E-state index contributed by atoms with van der Waals surface area (Å²) in [5.41, 5.74) is 3.25. The van der Waals surface area contributed by atoms with Gasteiger partial charge >= 0.3 is 0 Å². The van der Waals surface area contributed by atoms with Gasteiger partial charge in [0.2, 0.25) is 0 Å². The Balaban J connectivity index is 2.67. The second-order valence-corrected chi connectivity index (χ2v) is 6.28. The molecular formula is C16H19BrClNO2. The fourth-order valence-electron chi connectivity index (χ4n) is 2.70. The number of rotatable bonds is 4. The fraction of sp³-hybridized carbons (Fsp3) is 0.375. The van der Waals surface area contributed by atoms with Crippen molar-refractivity contribution >= 4 is 27.5 Å². The van der Waals surface area contributed by atoms with Crippen molar-refractivity contribution in [1.82, 2.24) is 5.32 Å². The molecule has 1 N–H and O–H groups in total. The molecule has 0 aliphatic heterocycles. The number of benzene rings is 1. The van der Waals surface area contributed by atoms with E-state index in [1.54, 1.807) is 7.11 Å². The van der Waals surface area contributed by atoms with E-state index in [0.29, 0.717) is 5.02 Å². The summed E-state index contributed by atoms with van der Waals surface area (Å²) in [4.78, 5) is 0. The zero-order valence-corrected chi connectivity index (χ0v) is 15.1. The van der Waals surface area contributed by atoms with Crippen LogP contribution < -0.4 is 10.1 Å². The highest BCUT2D eigenvalue weighted by atomic mass is 79.9. The van der Waals surface area contributed by atoms with Crippen molar-refractivity contribution in [2.75, 3.05) is 14.2 Å². The van der Waals surface area contributed by atoms with Crippen LogP contribution in [0.25, 0.3) is 0 Å². The molecule has 114 valence electrons. The van der Waals surface area contributed by atoms with Gasteiger partial charge < -0.3 is 14.5 Å². The molecule has 5 heteroatoms. The van der Waals surface area contributed by atoms with Crippen molar-refractivity contribution in [2.45, 2.75) is 26.8 Å². The Hall–Kier alpha value is -0.970. The third-order valence-corrected chi connectivity index (χ3v) is 4.55. The number of halogens is 2. The molecule has 1 aromatic carbocycles. The van der Waals surface area contributed by atoms with Gasteiger partial charge in [-0.25, -0.2) is 0 Å². The lowest BCUT2D eigenvalue weighted by atomic mass is 9.95. The van der Waals surface area contributed by atoms with Crippen LogP contribution in [0.3, 0.4) is 0 Å². The summed E-state index contributed by atoms with van der Waals surface area (Å²) in [5, 5.41) is 4.00. The normalized spacial score (nSPS) is 12.5. The van der Waals surface area contributed by atoms with Gasteiger partial charge in [0.05, 0.1) is 17.6 Å². The molecule has 0 saturated heterocycles. The summed E-state index contributed by atoms with van der Waals surface area (Å²) >= 11 is 9.73. The average molecular weight is 373 g/mol. The van der Waals surface area contributed by atoms with Crippen LogP contribution >= 0.6 is 27.5 Å². The molecule has 1 atom stereocenters. The van der Waals surface area contributed by atoms with Crippen LogP contribution in [-0.2, 0) is 0 Å². The summed E-state index contributed by atoms with van der Waals surface area (Å²) in [6.07, 6.45) is 0. The van der Waals surface area contributed by atoms with Gasteiger partial charge in [-0.15, -0.1) is 0 Å². The third-order valence-electron chi connectivity index (χ3n) is 3.75. The number of hydrogen-bond acceptors (Lipinski definition) is 3. The van der Waals surface area contributed by atoms with Crippen LogP contribution in [0.4, 0.5) is 0 Å². The molecule has 1 heterocycles. The summed E-state index contributed by atoms with van der Waals surface area (Å²) in [5.74, 6) is 2.61. The van der Waals surface area contributed by atoms with E-state index < -0.39 is 0 Å². The molecule has 2 aromatic rings. The number of methoxy groups -OCH3 is 1. The van der Waals surface area contributed by atoms with Crippen molar-refractivity contribution in [2.24, 2.45) is 0 Å². The monoisotopic (exact) mass is 371 g/mol. The molecule has 2 rings (SSSR count). The van der Waals surface area contributed by atoms with Crippen molar-refractivity contribution in [3.05, 3.63) is 49.8 Å². The molecular weight excluding hydrogens is 354 g/mol. The molecule has 0 radical (unpaired) electrons. The first-order valence-corrected chi connectivity index (χ1v) is 7.84. The molecule has 1 unspecified atom stereocenters. The first-order valence-electron chi connectivity index (χ1n) is 6.67. The molecule has 0 amide bonds. The number of hydrogen-bond donors (Lipinski definition) is 1. The minimum absolute atomic E-state index is 0.0487. The zero-order chi connectivity index (χ0) is 15.7. The van der Waals surface area contributed by atoms with E-state index in [0.717, 1.165) is 38.4 Å². The first kappa shape index (κ1) is 16.4. The van der Waals surface area contributed by atoms with Crippen LogP contribution in [0.1, 0.15) is 34.3 Å². The van der Waals surface area contributed by atoms with E-state index in [4.69, 9.17) is 20.8 Å². The van der Waals surface area contributed by atoms with E-state index in [2.05, 4.69) is 28.2 Å². The first-order chi connectivity index (χ1) is 9.90. The molecule has 21 heavy (non-hydrogen) atoms. The Labute approximate surface area is 138 Å². The number of aryl methyl sites for hydroxylation is 2. The van der Waals surface area contributed by atoms with Gasteiger partial charge in [0.1, 0.15) is 17.3 Å². The van der Waals surface area contributed by atoms with Crippen molar-refractivity contribution in [3.8, 4) is 5.75 Å². The second kappa shape index (κ2) is 6.42. The Morgan fingerprint density at radius 1 is 1.24 bits per heavy atom. The molecule has 1 aromatic heterocycles. The van der Waals surface area contributed by atoms with E-state index in [-0.39, 0.29) is 6.04 Å². The van der Waals surface area contributed by atoms with Gasteiger partial charge in [-0.05, 0) is 61.4 Å². The average Bonchev–Trinajstić information content (AvgIpc) is 2.66. The quantitative estimate of drug-likeness (QED) is 0.825. The fourth-order valence-corrected chi connectivity index (χ4v) is 3.70. The molecule has 0 spiro atoms. The Kier molecular flexibility index (Phi) is 5.02. The Bertz CT molecular complexity index is 667. The highest BCUT2D eigenvalue weighted by Crippen LogP contribution is 2.40. The second-order valence-electron chi connectivity index (χ2n) is 4.98. The predicted octanol–water partition coefficient (Wildman–Crippen LogP) is 4.94. The third kappa shape index (κ3) is 2.98. The maximum Gasteiger partial charge on any atom is 0.138 e. The smallest absolute Gasteiger partial charge is 0.138 e. The molecule has 0 aliphatic rings. The summed E-state index contributed by atoms with van der Waals surface area (Å²) in [6, 6.07) is 3.71. The summed E-state index contributed by atoms with van der Waals surface area (Å²) < 4.78 is 12.1. The zero-order valence-electron chi connectivity index (χ0n) is 12.8. The number of nitrogens with one attached hydrogen (secondary N) is 1. The molecule has 0 aliphatic carbocycles. The van der Waals surface area contributed by atoms with E-state index >= 15 is 0 Å². The SMILES string of the molecule is CNC(c1cc(Cl)cc(Br)c1OC)c1c(C)oc(C)c1C. The molecule has 0 saturated carbocycles. The van der Waals surface area contributed by atoms with E-state index in [1.807, 2.05) is 33.0 Å². The van der Waals surface area contributed by atoms with Crippen molar-refractivity contribution in [1.29, 1.82) is 0 Å². The van der Waals surface area contributed by atoms with Gasteiger partial charge in [-0.3, -0.25) is 0 Å². The number of furan rings is 1. The highest BCUT2D eigenvalue weighted by Gasteiger charge is 2.25. The lowest BCUT2D eigenvalue weighted by Crippen LogP contribution is -2.20. The van der Waals surface area contributed by atoms with E-state index in [9.17, 15) is 0 Å². The molecule has 0 fully saturated rings. The van der Waals surface area contributed by atoms with Gasteiger partial charge in [-0.1, -0.05) is 11.6 Å². The Morgan fingerprint density at radius 2 is 1.90 bits per heavy atom. The van der Waals surface area contributed by atoms with Gasteiger partial charge in [0.25, 0.3) is 0 Å². The topological polar surface area (TPSA) is 34.4 Å². The van der Waals surface area contributed by atoms with Crippen LogP contribution in [0.5, 0.6) is 5.75 Å². The minimum atomic E-state index is -0.0487. The van der Waals surface area contributed by atoms with Crippen LogP contribution in [0, 0.1) is 20.8 Å². The maximum atomic E-state index is 6.22. The lowest BCUT2D eigenvalue weighted by Gasteiger charge is -2.21. The van der Waals surface area contributed by atoms with Gasteiger partial charge in [0, 0.05) is 16.1 Å². The van der Waals surface area contributed by atoms with E-state index in [1.165, 1.54) is 0 Å². The van der Waals surface area contributed by atoms with Crippen LogP contribution in [-0.4, -0.2) is 14.2 Å². The summed E-state index contributed by atoms with van der Waals surface area (Å²) in [7, 11) is 3.57. The van der Waals surface area contributed by atoms with Crippen molar-refractivity contribution in [3.63, 3.8) is 0 Å². The Morgan fingerprint density at radius 3 is 2.38 bits per heavy atom. The maximum absolute atomic E-state index is 6.22. The summed E-state index contributed by atoms with van der Waals surface area (Å²) in [6.45, 7) is 6.02. The lowest BCUT2D eigenvalue weighted by molar-refractivity contribution is 0.402. The van der Waals surface area contributed by atoms with Crippen molar-refractivity contribution < 1.29 is 9.15 Å². The van der Waals surface area contributed by atoms with Gasteiger partial charge in [0.15, 0.2) is 0 Å². The standard InChI is InChI=1S/C16H19BrClNO2/c1-8-9(2)21-10(3)14(8)15(19-4)12-6-11(18)7-13(17)16(12)20-5/h6-7,15,19H,1-5H3. The highest BCUT2D eigenvalue weighted by molar-refractivity contribution is 9.10. The largest absolute Gasteiger partial charge is 0.495 e. The van der Waals surface area contributed by atoms with Crippen LogP contribution in [0.15, 0.2) is 21.0 Å². The van der Waals surface area contributed by atoms with Crippen LogP contribution in [0.2, 0.25) is 5.02 Å². The number of ether oxygens (including phenoxy) is 1. The predicted molar refractivity (Wildman–Crippen MR) is 89.5 cm³/mol. The van der Waals surface area contributed by atoms with Gasteiger partial charge in [-0.2, -0.15) is 0 Å².